The summed E-state index contributed by atoms with van der Waals surface area (Å²) in [5, 5.41) is 4.88. The number of amides is 2. The average Bonchev–Trinajstić information content (AvgIpc) is 2.04. The van der Waals surface area contributed by atoms with Crippen LogP contribution in [0.15, 0.2) is 0 Å². The predicted molar refractivity (Wildman–Crippen MR) is 34.7 cm³/mol. The minimum absolute atomic E-state index is 0.372. The predicted octanol–water partition coefficient (Wildman–Crippen LogP) is -1.01. The van der Waals surface area contributed by atoms with Crippen LogP contribution in [0.4, 0.5) is 9.59 Å². The Labute approximate surface area is 76.1 Å². The Morgan fingerprint density at radius 3 is 2.00 bits per heavy atom. The molecule has 1 aliphatic rings. The van der Waals surface area contributed by atoms with E-state index in [0.717, 1.165) is 0 Å². The van der Waals surface area contributed by atoms with Crippen LogP contribution in [0.1, 0.15) is 0 Å². The van der Waals surface area contributed by atoms with Crippen LogP contribution in [0.25, 0.3) is 0 Å². The Morgan fingerprint density at radius 2 is 1.55 bits per heavy atom. The molecule has 0 atom stereocenters. The van der Waals surface area contributed by atoms with Crippen LogP contribution >= 0.6 is 0 Å². The molecule has 0 aromatic carbocycles. The van der Waals surface area contributed by atoms with E-state index in [2.05, 4.69) is 16.0 Å². The number of hydrogen-bond acceptors (Lipinski definition) is 4. The molecule has 1 fully saturated rings. The van der Waals surface area contributed by atoms with Gasteiger partial charge in [0, 0.05) is 0 Å². The summed E-state index contributed by atoms with van der Waals surface area (Å²) in [6.45, 7) is 0.745. The zero-order valence-electron chi connectivity index (χ0n) is 5.55. The van der Waals surface area contributed by atoms with Gasteiger partial charge in [-0.25, -0.2) is 0 Å². The van der Waals surface area contributed by atoms with Crippen LogP contribution in [-0.2, 0) is 5.37 Å². The van der Waals surface area contributed by atoms with Crippen LogP contribution in [0.5, 0.6) is 0 Å². The van der Waals surface area contributed by atoms with Gasteiger partial charge in [-0.15, -0.1) is 0 Å². The molecule has 0 spiro atoms. The molecule has 0 saturated carbocycles. The van der Waals surface area contributed by atoms with E-state index in [-0.39, 0.29) is 0 Å². The van der Waals surface area contributed by atoms with Crippen LogP contribution in [0.3, 0.4) is 0 Å². The van der Waals surface area contributed by atoms with Crippen molar-refractivity contribution in [2.24, 2.45) is 0 Å². The first-order chi connectivity index (χ1) is 5.29. The van der Waals surface area contributed by atoms with Gasteiger partial charge in [-0.2, -0.15) is 0 Å². The first kappa shape index (κ1) is 8.56. The van der Waals surface area contributed by atoms with E-state index in [1.54, 1.807) is 0 Å². The topological polar surface area (TPSA) is 76.7 Å². The first-order valence-corrected chi connectivity index (χ1v) is 6.11. The van der Waals surface area contributed by atoms with Gasteiger partial charge in [-0.05, 0) is 0 Å². The molecule has 0 aromatic heterocycles. The Hall–Kier alpha value is -0.538. The van der Waals surface area contributed by atoms with Crippen molar-refractivity contribution in [3.63, 3.8) is 0 Å². The van der Waals surface area contributed by atoms with Crippen molar-refractivity contribution in [2.75, 3.05) is 13.1 Å². The van der Waals surface area contributed by atoms with E-state index in [4.69, 9.17) is 0 Å². The van der Waals surface area contributed by atoms with Crippen LogP contribution in [0, 0.1) is 0 Å². The molecule has 2 radical (unpaired) electrons. The van der Waals surface area contributed by atoms with Gasteiger partial charge >= 0.3 is 76.0 Å². The third-order valence-corrected chi connectivity index (χ3v) is 3.02. The summed E-state index contributed by atoms with van der Waals surface area (Å²) in [5.41, 5.74) is 0. The Kier molecular flexibility index (Phi) is 3.39. The van der Waals surface area contributed by atoms with Crippen molar-refractivity contribution in [2.45, 2.75) is 0 Å². The SMILES string of the molecule is O=C1NCCNC(=O)[O][Pb][O]1. The molecule has 1 aliphatic heterocycles. The maximum atomic E-state index is 10.6. The monoisotopic (exact) mass is 354 g/mol. The fourth-order valence-corrected chi connectivity index (χ4v) is 1.81. The molecular weight excluding hydrogens is 347 g/mol. The van der Waals surface area contributed by atoms with E-state index in [0.29, 0.717) is 13.1 Å². The molecule has 0 aliphatic carbocycles. The molecule has 0 aromatic rings. The molecule has 2 amide bonds. The van der Waals surface area contributed by atoms with Crippen molar-refractivity contribution >= 4 is 37.3 Å². The molecule has 1 rings (SSSR count). The van der Waals surface area contributed by atoms with E-state index >= 15 is 0 Å². The second-order valence-corrected chi connectivity index (χ2v) is 3.95. The molecule has 2 N–H and O–H groups in total. The number of carbonyl (C=O) groups is 2. The average molecular weight is 353 g/mol. The van der Waals surface area contributed by atoms with Crippen molar-refractivity contribution in [1.29, 1.82) is 0 Å². The Balaban J connectivity index is 2.35. The molecular formula is C4H6N2O4Pb. The maximum absolute atomic E-state index is 10.6. The third-order valence-electron chi connectivity index (χ3n) is 0.932. The van der Waals surface area contributed by atoms with Crippen LogP contribution in [0.2, 0.25) is 0 Å². The molecule has 11 heavy (non-hydrogen) atoms. The summed E-state index contributed by atoms with van der Waals surface area (Å²) in [6.07, 6.45) is -0.991. The Bertz CT molecular complexity index is 155. The number of carbonyl (C=O) groups excluding carboxylic acids is 2. The summed E-state index contributed by atoms with van der Waals surface area (Å²) in [5.74, 6) is 0. The second-order valence-electron chi connectivity index (χ2n) is 1.72. The van der Waals surface area contributed by atoms with E-state index in [9.17, 15) is 9.59 Å². The van der Waals surface area contributed by atoms with Gasteiger partial charge in [-0.3, -0.25) is 0 Å². The van der Waals surface area contributed by atoms with Crippen LogP contribution in [-0.4, -0.2) is 50.4 Å². The fourth-order valence-electron chi connectivity index (χ4n) is 0.498. The molecule has 1 saturated heterocycles. The Morgan fingerprint density at radius 1 is 1.09 bits per heavy atom. The van der Waals surface area contributed by atoms with Gasteiger partial charge < -0.3 is 0 Å². The molecule has 0 unspecified atom stereocenters. The zero-order valence-corrected chi connectivity index (χ0v) is 9.43. The second kappa shape index (κ2) is 4.36. The summed E-state index contributed by atoms with van der Waals surface area (Å²) in [4.78, 5) is 21.2. The normalized spacial score (nSPS) is 19.3. The van der Waals surface area contributed by atoms with Crippen molar-refractivity contribution in [3.05, 3.63) is 0 Å². The number of rotatable bonds is 0. The summed E-state index contributed by atoms with van der Waals surface area (Å²) < 4.78 is 9.19. The summed E-state index contributed by atoms with van der Waals surface area (Å²) in [7, 11) is 0. The van der Waals surface area contributed by atoms with Gasteiger partial charge in [0.1, 0.15) is 0 Å². The van der Waals surface area contributed by atoms with E-state index in [1.807, 2.05) is 0 Å². The van der Waals surface area contributed by atoms with Gasteiger partial charge in [-0.1, -0.05) is 0 Å². The number of hydrogen-bond donors (Lipinski definition) is 2. The molecule has 6 nitrogen and oxygen atoms in total. The quantitative estimate of drug-likeness (QED) is 0.547. The van der Waals surface area contributed by atoms with E-state index in [1.165, 1.54) is 0 Å². The molecule has 7 heteroatoms. The fraction of sp³-hybridized carbons (Fsp3) is 0.500. The zero-order chi connectivity index (χ0) is 8.10. The van der Waals surface area contributed by atoms with E-state index < -0.39 is 37.3 Å². The molecule has 1 heterocycles. The standard InChI is InChI=1S/C4H8N2O4.Pb/c7-3(8)5-1-2-6-4(9)10;/h5-6H,1-2H2,(H,7,8)(H,9,10);/q;+2/p-2. The van der Waals surface area contributed by atoms with Gasteiger partial charge in [0.15, 0.2) is 0 Å². The van der Waals surface area contributed by atoms with Crippen molar-refractivity contribution in [3.8, 4) is 0 Å². The minimum atomic E-state index is -1.95. The van der Waals surface area contributed by atoms with Crippen molar-refractivity contribution in [1.82, 2.24) is 10.6 Å². The third kappa shape index (κ3) is 3.39. The van der Waals surface area contributed by atoms with Gasteiger partial charge in [0.25, 0.3) is 0 Å². The van der Waals surface area contributed by atoms with Crippen LogP contribution < -0.4 is 10.6 Å². The first-order valence-electron chi connectivity index (χ1n) is 2.93. The molecule has 60 valence electrons. The van der Waals surface area contributed by atoms with Crippen molar-refractivity contribution < 1.29 is 15.0 Å². The molecule has 0 bridgehead atoms. The summed E-state index contributed by atoms with van der Waals surface area (Å²) in [6, 6.07) is 0. The van der Waals surface area contributed by atoms with Gasteiger partial charge in [0.05, 0.1) is 0 Å². The van der Waals surface area contributed by atoms with Gasteiger partial charge in [0.2, 0.25) is 0 Å². The number of nitrogens with one attached hydrogen (secondary N) is 2. The summed E-state index contributed by atoms with van der Waals surface area (Å²) >= 11 is -1.95.